The van der Waals surface area contributed by atoms with Crippen LogP contribution < -0.4 is 5.32 Å². The molecular formula is C16H11ClN4O. The minimum atomic E-state index is 0.0899. The second-order valence-electron chi connectivity index (χ2n) is 4.64. The van der Waals surface area contributed by atoms with Crippen molar-refractivity contribution in [2.24, 2.45) is 0 Å². The number of nitrogens with one attached hydrogen (secondary N) is 2. The number of nitriles is 1. The minimum absolute atomic E-state index is 0.0899. The first kappa shape index (κ1) is 14.0. The number of phenols is 1. The number of rotatable bonds is 3. The van der Waals surface area contributed by atoms with Gasteiger partial charge >= 0.3 is 0 Å². The molecule has 0 saturated carbocycles. The van der Waals surface area contributed by atoms with Crippen LogP contribution in [0.2, 0.25) is 5.02 Å². The Hall–Kier alpha value is -2.97. The maximum Gasteiger partial charge on any atom is 0.162 e. The summed E-state index contributed by atoms with van der Waals surface area (Å²) in [6.45, 7) is 0. The zero-order valence-electron chi connectivity index (χ0n) is 11.3. The van der Waals surface area contributed by atoms with Gasteiger partial charge in [0.25, 0.3) is 0 Å². The molecule has 0 fully saturated rings. The number of anilines is 2. The molecule has 0 aliphatic rings. The molecule has 6 heteroatoms. The molecule has 0 atom stereocenters. The van der Waals surface area contributed by atoms with E-state index in [1.165, 1.54) is 0 Å². The van der Waals surface area contributed by atoms with Gasteiger partial charge in [-0.2, -0.15) is 10.4 Å². The van der Waals surface area contributed by atoms with Crippen molar-refractivity contribution in [1.29, 1.82) is 5.26 Å². The predicted octanol–water partition coefficient (Wildman–Crippen LogP) is 4.05. The van der Waals surface area contributed by atoms with Gasteiger partial charge in [0.2, 0.25) is 0 Å². The van der Waals surface area contributed by atoms with Gasteiger partial charge in [0, 0.05) is 34.1 Å². The van der Waals surface area contributed by atoms with E-state index in [0.29, 0.717) is 16.3 Å². The first-order valence-corrected chi connectivity index (χ1v) is 6.85. The van der Waals surface area contributed by atoms with Gasteiger partial charge in [-0.1, -0.05) is 11.6 Å². The molecule has 3 N–H and O–H groups in total. The summed E-state index contributed by atoms with van der Waals surface area (Å²) in [7, 11) is 0. The van der Waals surface area contributed by atoms with Crippen molar-refractivity contribution >= 4 is 23.0 Å². The average Bonchev–Trinajstić information content (AvgIpc) is 2.98. The van der Waals surface area contributed by atoms with E-state index in [0.717, 1.165) is 11.4 Å². The largest absolute Gasteiger partial charge is 0.507 e. The van der Waals surface area contributed by atoms with Crippen LogP contribution in [0.25, 0.3) is 11.3 Å². The Morgan fingerprint density at radius 3 is 2.45 bits per heavy atom. The van der Waals surface area contributed by atoms with Crippen LogP contribution in [-0.4, -0.2) is 15.3 Å². The van der Waals surface area contributed by atoms with Gasteiger partial charge in [-0.05, 0) is 36.4 Å². The molecule has 3 aromatic rings. The van der Waals surface area contributed by atoms with Gasteiger partial charge in [-0.15, -0.1) is 0 Å². The van der Waals surface area contributed by atoms with Gasteiger partial charge < -0.3 is 10.4 Å². The molecule has 108 valence electrons. The van der Waals surface area contributed by atoms with Crippen LogP contribution in [0.1, 0.15) is 5.69 Å². The van der Waals surface area contributed by atoms with Crippen LogP contribution in [0.3, 0.4) is 0 Å². The quantitative estimate of drug-likeness (QED) is 0.681. The number of H-pyrrole nitrogens is 1. The zero-order chi connectivity index (χ0) is 15.5. The van der Waals surface area contributed by atoms with E-state index in [9.17, 15) is 5.11 Å². The number of benzene rings is 2. The van der Waals surface area contributed by atoms with Crippen LogP contribution >= 0.6 is 11.6 Å². The van der Waals surface area contributed by atoms with Crippen molar-refractivity contribution < 1.29 is 5.11 Å². The molecule has 0 amide bonds. The molecule has 3 rings (SSSR count). The third-order valence-electron chi connectivity index (χ3n) is 3.11. The molecular weight excluding hydrogens is 300 g/mol. The lowest BCUT2D eigenvalue weighted by atomic mass is 10.1. The summed E-state index contributed by atoms with van der Waals surface area (Å²) in [5.74, 6) is 0.0899. The van der Waals surface area contributed by atoms with Gasteiger partial charge in [0.15, 0.2) is 5.69 Å². The summed E-state index contributed by atoms with van der Waals surface area (Å²) in [5.41, 5.74) is 3.05. The summed E-state index contributed by atoms with van der Waals surface area (Å²) in [6.07, 6.45) is 0. The van der Waals surface area contributed by atoms with Crippen molar-refractivity contribution in [3.63, 3.8) is 0 Å². The molecule has 5 nitrogen and oxygen atoms in total. The molecule has 0 spiro atoms. The molecule has 2 aromatic carbocycles. The normalized spacial score (nSPS) is 10.2. The Balaban J connectivity index is 1.85. The molecule has 0 radical (unpaired) electrons. The number of hydrogen-bond acceptors (Lipinski definition) is 4. The molecule has 1 heterocycles. The van der Waals surface area contributed by atoms with E-state index in [4.69, 9.17) is 16.9 Å². The smallest absolute Gasteiger partial charge is 0.162 e. The van der Waals surface area contributed by atoms with E-state index in [1.807, 2.05) is 24.3 Å². The summed E-state index contributed by atoms with van der Waals surface area (Å²) in [4.78, 5) is 0. The van der Waals surface area contributed by atoms with Crippen LogP contribution in [0.4, 0.5) is 11.4 Å². The number of halogens is 1. The molecule has 0 bridgehead atoms. The average molecular weight is 311 g/mol. The van der Waals surface area contributed by atoms with Crippen molar-refractivity contribution in [3.8, 4) is 23.1 Å². The van der Waals surface area contributed by atoms with E-state index in [-0.39, 0.29) is 11.4 Å². The lowest BCUT2D eigenvalue weighted by Gasteiger charge is -2.09. The number of nitrogens with zero attached hydrogens (tertiary/aromatic N) is 2. The van der Waals surface area contributed by atoms with E-state index in [1.54, 1.807) is 30.3 Å². The van der Waals surface area contributed by atoms with Gasteiger partial charge in [0.1, 0.15) is 11.8 Å². The maximum absolute atomic E-state index is 10.2. The first-order chi connectivity index (χ1) is 10.7. The van der Waals surface area contributed by atoms with Crippen molar-refractivity contribution in [3.05, 3.63) is 59.2 Å². The van der Waals surface area contributed by atoms with Crippen molar-refractivity contribution in [2.75, 3.05) is 5.32 Å². The Morgan fingerprint density at radius 1 is 1.09 bits per heavy atom. The number of aromatic nitrogens is 2. The lowest BCUT2D eigenvalue weighted by Crippen LogP contribution is -1.90. The molecule has 0 aliphatic carbocycles. The summed E-state index contributed by atoms with van der Waals surface area (Å²) < 4.78 is 0. The monoisotopic (exact) mass is 310 g/mol. The molecule has 1 aromatic heterocycles. The highest BCUT2D eigenvalue weighted by atomic mass is 35.5. The van der Waals surface area contributed by atoms with E-state index in [2.05, 4.69) is 15.5 Å². The van der Waals surface area contributed by atoms with Crippen LogP contribution in [0.5, 0.6) is 5.75 Å². The molecule has 0 aliphatic heterocycles. The minimum Gasteiger partial charge on any atom is -0.507 e. The molecule has 0 unspecified atom stereocenters. The summed E-state index contributed by atoms with van der Waals surface area (Å²) >= 11 is 5.84. The fourth-order valence-corrected chi connectivity index (χ4v) is 2.18. The first-order valence-electron chi connectivity index (χ1n) is 6.47. The zero-order valence-corrected chi connectivity index (χ0v) is 12.1. The van der Waals surface area contributed by atoms with E-state index < -0.39 is 0 Å². The second-order valence-corrected chi connectivity index (χ2v) is 5.08. The Morgan fingerprint density at radius 2 is 1.82 bits per heavy atom. The standard InChI is InChI=1S/C16H11ClN4O/c17-10-1-3-11(4-2-10)19-12-5-6-14(16(22)8-12)15-7-13(9-18)20-21-15/h1-8,19,22H,(H,20,21). The SMILES string of the molecule is N#Cc1cc(-c2ccc(Nc3ccc(Cl)cc3)cc2O)[nH]n1. The second kappa shape index (κ2) is 5.80. The number of aromatic amines is 1. The van der Waals surface area contributed by atoms with E-state index >= 15 is 0 Å². The van der Waals surface area contributed by atoms with Crippen LogP contribution in [-0.2, 0) is 0 Å². The molecule has 0 saturated heterocycles. The summed E-state index contributed by atoms with van der Waals surface area (Å²) in [6, 6.07) is 16.0. The highest BCUT2D eigenvalue weighted by Crippen LogP contribution is 2.31. The highest BCUT2D eigenvalue weighted by Gasteiger charge is 2.09. The maximum atomic E-state index is 10.2. The number of hydrogen-bond donors (Lipinski definition) is 3. The van der Waals surface area contributed by atoms with Crippen molar-refractivity contribution in [1.82, 2.24) is 10.2 Å². The third-order valence-corrected chi connectivity index (χ3v) is 3.37. The van der Waals surface area contributed by atoms with Gasteiger partial charge in [-0.3, -0.25) is 5.10 Å². The molecule has 22 heavy (non-hydrogen) atoms. The third kappa shape index (κ3) is 2.87. The van der Waals surface area contributed by atoms with Crippen LogP contribution in [0.15, 0.2) is 48.5 Å². The lowest BCUT2D eigenvalue weighted by molar-refractivity contribution is 0.477. The van der Waals surface area contributed by atoms with Crippen LogP contribution in [0, 0.1) is 11.3 Å². The predicted molar refractivity (Wildman–Crippen MR) is 85.1 cm³/mol. The Kier molecular flexibility index (Phi) is 3.69. The fraction of sp³-hybridized carbons (Fsp3) is 0. The van der Waals surface area contributed by atoms with Crippen molar-refractivity contribution in [2.45, 2.75) is 0 Å². The number of aromatic hydroxyl groups is 1. The van der Waals surface area contributed by atoms with Gasteiger partial charge in [0.05, 0.1) is 5.69 Å². The van der Waals surface area contributed by atoms with Gasteiger partial charge in [-0.25, -0.2) is 0 Å². The fourth-order valence-electron chi connectivity index (χ4n) is 2.05. The summed E-state index contributed by atoms with van der Waals surface area (Å²) in [5, 5.41) is 29.3. The topological polar surface area (TPSA) is 84.7 Å². The highest BCUT2D eigenvalue weighted by molar-refractivity contribution is 6.30. The number of phenolic OH excluding ortho intramolecular Hbond substituents is 1. The Labute approximate surface area is 131 Å². The Bertz CT molecular complexity index is 849.